The van der Waals surface area contributed by atoms with Crippen LogP contribution in [0.3, 0.4) is 0 Å². The third-order valence-corrected chi connectivity index (χ3v) is 12.2. The van der Waals surface area contributed by atoms with Crippen LogP contribution in [-0.2, 0) is 20.7 Å². The Morgan fingerprint density at radius 1 is 0.667 bits per heavy atom. The Labute approximate surface area is 280 Å². The summed E-state index contributed by atoms with van der Waals surface area (Å²) in [5, 5.41) is 7.73. The van der Waals surface area contributed by atoms with Crippen molar-refractivity contribution in [3.8, 4) is 0 Å². The number of ketones is 2. The molecule has 4 atom stereocenters. The minimum absolute atomic E-state index is 0.225. The normalized spacial score (nSPS) is 36.9. The number of rotatable bonds is 4. The molecule has 0 radical (unpaired) electrons. The molecule has 5 nitrogen and oxygen atoms in total. The highest BCUT2D eigenvalue weighted by Gasteiger charge is 2.58. The van der Waals surface area contributed by atoms with Crippen LogP contribution in [0.5, 0.6) is 0 Å². The molecule has 6 saturated carbocycles. The quantitative estimate of drug-likeness (QED) is 0.308. The van der Waals surface area contributed by atoms with Crippen LogP contribution in [0, 0.1) is 16.7 Å². The maximum Gasteiger partial charge on any atom is 0.157 e. The zero-order chi connectivity index (χ0) is 32.5. The van der Waals surface area contributed by atoms with E-state index in [1.807, 2.05) is 62.6 Å². The van der Waals surface area contributed by atoms with Crippen molar-refractivity contribution < 1.29 is 9.59 Å². The van der Waals surface area contributed by atoms with Crippen molar-refractivity contribution in [3.63, 3.8) is 0 Å². The first-order valence-corrected chi connectivity index (χ1v) is 17.8. The van der Waals surface area contributed by atoms with E-state index in [9.17, 15) is 9.59 Å². The highest BCUT2D eigenvalue weighted by molar-refractivity contribution is 6.32. The van der Waals surface area contributed by atoms with Crippen molar-refractivity contribution >= 4 is 34.8 Å². The lowest BCUT2D eigenvalue weighted by atomic mass is 9.43. The smallest absolute Gasteiger partial charge is 0.157 e. The Bertz CT molecular complexity index is 1270. The summed E-state index contributed by atoms with van der Waals surface area (Å²) >= 11 is 12.4. The van der Waals surface area contributed by atoms with E-state index in [1.54, 1.807) is 0 Å². The van der Waals surface area contributed by atoms with E-state index in [4.69, 9.17) is 28.9 Å². The summed E-state index contributed by atoms with van der Waals surface area (Å²) in [4.78, 5) is 24.4. The molecule has 2 aromatic rings. The van der Waals surface area contributed by atoms with E-state index >= 15 is 0 Å². The molecule has 0 saturated heterocycles. The summed E-state index contributed by atoms with van der Waals surface area (Å²) in [5.74, 6) is 1.47. The summed E-state index contributed by atoms with van der Waals surface area (Å²) in [6, 6.07) is 15.2. The molecule has 0 amide bonds. The standard InChI is InChI=1S/2C13H16ClNO.C12H21N/c2*1-15-13(9-5-4-8-12(13)16)10-6-2-3-7-11(10)14;1-10-3-9-4-11(2,6-10)8-12(13,5-9)7-10/h2*2-3,6-7,15H,4-5,8-9H2,1H3;9H,3-8,13H2,1-2H3/t13-;;/m1../s1. The van der Waals surface area contributed by atoms with E-state index in [0.717, 1.165) is 55.6 Å². The van der Waals surface area contributed by atoms with E-state index in [2.05, 4.69) is 24.5 Å². The van der Waals surface area contributed by atoms with Crippen molar-refractivity contribution in [2.24, 2.45) is 22.5 Å². The molecule has 0 spiro atoms. The van der Waals surface area contributed by atoms with E-state index in [-0.39, 0.29) is 17.1 Å². The molecule has 6 aliphatic rings. The van der Waals surface area contributed by atoms with Gasteiger partial charge >= 0.3 is 0 Å². The van der Waals surface area contributed by atoms with Gasteiger partial charge in [-0.25, -0.2) is 0 Å². The number of likely N-dealkylation sites (N-methyl/N-ethyl adjacent to an activating group) is 2. The Balaban J connectivity index is 0.000000134. The molecule has 45 heavy (non-hydrogen) atoms. The van der Waals surface area contributed by atoms with Crippen LogP contribution >= 0.6 is 23.2 Å². The van der Waals surface area contributed by atoms with Crippen molar-refractivity contribution in [1.82, 2.24) is 10.6 Å². The van der Waals surface area contributed by atoms with Gasteiger partial charge in [0, 0.05) is 28.4 Å². The Kier molecular flexibility index (Phi) is 10.3. The van der Waals surface area contributed by atoms with Crippen molar-refractivity contribution in [3.05, 3.63) is 69.7 Å². The fourth-order valence-electron chi connectivity index (χ4n) is 10.6. The Hall–Kier alpha value is -1.76. The summed E-state index contributed by atoms with van der Waals surface area (Å²) in [7, 11) is 3.68. The first-order chi connectivity index (χ1) is 21.3. The van der Waals surface area contributed by atoms with Gasteiger partial charge in [0.2, 0.25) is 0 Å². The Morgan fingerprint density at radius 3 is 1.42 bits per heavy atom. The van der Waals surface area contributed by atoms with Crippen molar-refractivity contribution in [2.45, 2.75) is 120 Å². The van der Waals surface area contributed by atoms with Crippen LogP contribution in [0.4, 0.5) is 0 Å². The van der Waals surface area contributed by atoms with Gasteiger partial charge in [-0.05, 0) is 118 Å². The maximum atomic E-state index is 12.2. The van der Waals surface area contributed by atoms with Crippen LogP contribution in [0.2, 0.25) is 10.0 Å². The molecule has 0 heterocycles. The highest BCUT2D eigenvalue weighted by Crippen LogP contribution is 2.65. The number of carbonyl (C=O) groups is 2. The molecule has 4 bridgehead atoms. The second-order valence-corrected chi connectivity index (χ2v) is 16.3. The second kappa shape index (κ2) is 13.4. The van der Waals surface area contributed by atoms with Crippen LogP contribution in [0.25, 0.3) is 0 Å². The zero-order valence-electron chi connectivity index (χ0n) is 27.7. The fraction of sp³-hybridized carbons (Fsp3) is 0.632. The third-order valence-electron chi connectivity index (χ3n) is 11.6. The molecular formula is C38H53Cl2N3O2. The van der Waals surface area contributed by atoms with Gasteiger partial charge in [0.25, 0.3) is 0 Å². The maximum absolute atomic E-state index is 12.2. The molecule has 3 unspecified atom stereocenters. The molecule has 7 heteroatoms. The molecule has 246 valence electrons. The first kappa shape index (κ1) is 34.6. The average Bonchev–Trinajstić information content (AvgIpc) is 2.97. The number of nitrogens with two attached hydrogens (primary N) is 1. The highest BCUT2D eigenvalue weighted by atomic mass is 35.5. The van der Waals surface area contributed by atoms with E-state index in [0.29, 0.717) is 33.7 Å². The lowest BCUT2D eigenvalue weighted by Gasteiger charge is -2.64. The Morgan fingerprint density at radius 2 is 1.09 bits per heavy atom. The van der Waals surface area contributed by atoms with Gasteiger partial charge in [-0.2, -0.15) is 0 Å². The van der Waals surface area contributed by atoms with Gasteiger partial charge < -0.3 is 16.4 Å². The molecule has 0 aliphatic heterocycles. The summed E-state index contributed by atoms with van der Waals surface area (Å²) in [5.41, 5.74) is 8.64. The molecule has 6 fully saturated rings. The summed E-state index contributed by atoms with van der Waals surface area (Å²) in [6.07, 6.45) is 15.4. The monoisotopic (exact) mass is 653 g/mol. The second-order valence-electron chi connectivity index (χ2n) is 15.5. The zero-order valence-corrected chi connectivity index (χ0v) is 29.3. The van der Waals surface area contributed by atoms with Gasteiger partial charge in [-0.3, -0.25) is 9.59 Å². The SMILES string of the molecule is CC12CC3CC(C)(C1)CC(N)(C3)C2.CNC1(c2ccccc2Cl)CCCCC1=O.CN[C@@]1(c2ccccc2Cl)CCCCC1=O. The molecule has 8 rings (SSSR count). The number of hydrogen-bond donors (Lipinski definition) is 3. The first-order valence-electron chi connectivity index (χ1n) is 17.1. The van der Waals surface area contributed by atoms with Gasteiger partial charge in [-0.15, -0.1) is 0 Å². The number of hydrogen-bond acceptors (Lipinski definition) is 5. The minimum atomic E-state index is -0.559. The van der Waals surface area contributed by atoms with Crippen LogP contribution in [0.15, 0.2) is 48.5 Å². The number of Topliss-reactive ketones (excluding diaryl/α,β-unsaturated/α-hetero) is 2. The predicted molar refractivity (Wildman–Crippen MR) is 186 cm³/mol. The number of halogens is 2. The van der Waals surface area contributed by atoms with Gasteiger partial charge in [0.15, 0.2) is 11.6 Å². The van der Waals surface area contributed by atoms with E-state index < -0.39 is 11.1 Å². The van der Waals surface area contributed by atoms with Gasteiger partial charge in [0.1, 0.15) is 11.1 Å². The van der Waals surface area contributed by atoms with Gasteiger partial charge in [0.05, 0.1) is 0 Å². The topological polar surface area (TPSA) is 84.2 Å². The van der Waals surface area contributed by atoms with Crippen LogP contribution < -0.4 is 16.4 Å². The van der Waals surface area contributed by atoms with Crippen molar-refractivity contribution in [1.29, 1.82) is 0 Å². The lowest BCUT2D eigenvalue weighted by molar-refractivity contribution is -0.128. The summed E-state index contributed by atoms with van der Waals surface area (Å²) in [6.45, 7) is 4.94. The molecule has 6 aliphatic carbocycles. The molecular weight excluding hydrogens is 601 g/mol. The number of carbonyl (C=O) groups excluding carboxylic acids is 2. The number of benzene rings is 2. The minimum Gasteiger partial charge on any atom is -0.325 e. The lowest BCUT2D eigenvalue weighted by Crippen LogP contribution is -2.62. The number of nitrogens with one attached hydrogen (secondary N) is 2. The van der Waals surface area contributed by atoms with Gasteiger partial charge in [-0.1, -0.05) is 86.3 Å². The van der Waals surface area contributed by atoms with Crippen LogP contribution in [0.1, 0.15) is 115 Å². The molecule has 2 aromatic carbocycles. The largest absolute Gasteiger partial charge is 0.325 e. The average molecular weight is 655 g/mol. The summed E-state index contributed by atoms with van der Waals surface area (Å²) < 4.78 is 0. The molecule has 4 N–H and O–H groups in total. The fourth-order valence-corrected chi connectivity index (χ4v) is 11.2. The predicted octanol–water partition coefficient (Wildman–Crippen LogP) is 8.49. The van der Waals surface area contributed by atoms with E-state index in [1.165, 1.54) is 38.5 Å². The third kappa shape index (κ3) is 6.94. The van der Waals surface area contributed by atoms with Crippen LogP contribution in [-0.4, -0.2) is 31.2 Å². The van der Waals surface area contributed by atoms with Crippen molar-refractivity contribution in [2.75, 3.05) is 14.1 Å². The molecule has 0 aromatic heterocycles.